The first-order chi connectivity index (χ1) is 14.1. The molecule has 1 saturated heterocycles. The Morgan fingerprint density at radius 2 is 1.97 bits per heavy atom. The third kappa shape index (κ3) is 6.67. The van der Waals surface area contributed by atoms with Crippen LogP contribution in [0.1, 0.15) is 84.0 Å². The number of alkyl halides is 2. The third-order valence-corrected chi connectivity index (χ3v) is 6.89. The van der Waals surface area contributed by atoms with Crippen LogP contribution in [0, 0.1) is 11.8 Å². The monoisotopic (exact) mass is 450 g/mol. The van der Waals surface area contributed by atoms with E-state index in [1.54, 1.807) is 0 Å². The lowest BCUT2D eigenvalue weighted by molar-refractivity contribution is -0.356. The summed E-state index contributed by atoms with van der Waals surface area (Å²) in [5.74, 6) is -6.09. The molecule has 1 aliphatic carbocycles. The van der Waals surface area contributed by atoms with Gasteiger partial charge in [-0.1, -0.05) is 32.6 Å². The Morgan fingerprint density at radius 1 is 1.27 bits per heavy atom. The second kappa shape index (κ2) is 11.3. The maximum absolute atomic E-state index is 14.5. The van der Waals surface area contributed by atoms with Crippen molar-refractivity contribution in [2.24, 2.45) is 11.8 Å². The summed E-state index contributed by atoms with van der Waals surface area (Å²) in [7, 11) is -0.668. The quantitative estimate of drug-likeness (QED) is 0.317. The summed E-state index contributed by atoms with van der Waals surface area (Å²) in [6, 6.07) is 0. The van der Waals surface area contributed by atoms with Gasteiger partial charge in [-0.25, -0.2) is 8.78 Å². The van der Waals surface area contributed by atoms with Crippen LogP contribution in [0.4, 0.5) is 8.78 Å². The Labute approximate surface area is 180 Å². The zero-order chi connectivity index (χ0) is 22.4. The SMILES string of the molecule is CCCCC(F)(F)[C@@]1(O)CC[C@H]2[C@@H](CC(=O)[C@@H]2CCCCCCC(=O)OP(C)C)O1. The van der Waals surface area contributed by atoms with Crippen molar-refractivity contribution in [1.29, 1.82) is 0 Å². The molecule has 2 rings (SSSR count). The molecule has 0 bridgehead atoms. The Balaban J connectivity index is 1.76. The van der Waals surface area contributed by atoms with Crippen LogP contribution >= 0.6 is 8.15 Å². The molecule has 0 aromatic carbocycles. The average molecular weight is 451 g/mol. The molecule has 1 aliphatic heterocycles. The number of Topliss-reactive ketones (excluding diaryl/α,β-unsaturated/α-hetero) is 1. The molecule has 5 nitrogen and oxygen atoms in total. The minimum Gasteiger partial charge on any atom is -0.446 e. The van der Waals surface area contributed by atoms with Crippen LogP contribution in [0.5, 0.6) is 0 Å². The van der Waals surface area contributed by atoms with Gasteiger partial charge in [-0.3, -0.25) is 9.59 Å². The Morgan fingerprint density at radius 3 is 2.63 bits per heavy atom. The molecule has 0 amide bonds. The molecule has 2 aliphatic rings. The van der Waals surface area contributed by atoms with Crippen molar-refractivity contribution < 1.29 is 32.7 Å². The number of halogens is 2. The van der Waals surface area contributed by atoms with E-state index < -0.39 is 32.4 Å². The maximum atomic E-state index is 14.5. The number of carbonyl (C=O) groups excluding carboxylic acids is 2. The van der Waals surface area contributed by atoms with Gasteiger partial charge in [0, 0.05) is 31.6 Å². The zero-order valence-electron chi connectivity index (χ0n) is 18.5. The van der Waals surface area contributed by atoms with Gasteiger partial charge in [-0.2, -0.15) is 0 Å². The number of fused-ring (bicyclic) bond motifs is 1. The number of ether oxygens (including phenoxy) is 1. The van der Waals surface area contributed by atoms with Crippen molar-refractivity contribution in [3.8, 4) is 0 Å². The second-order valence-electron chi connectivity index (χ2n) is 8.96. The van der Waals surface area contributed by atoms with Crippen LogP contribution in [0.2, 0.25) is 0 Å². The van der Waals surface area contributed by atoms with E-state index in [2.05, 4.69) is 0 Å². The number of hydrogen-bond donors (Lipinski definition) is 1. The molecule has 0 radical (unpaired) electrons. The van der Waals surface area contributed by atoms with E-state index in [0.717, 1.165) is 25.7 Å². The lowest BCUT2D eigenvalue weighted by Gasteiger charge is -2.43. The van der Waals surface area contributed by atoms with Gasteiger partial charge in [0.15, 0.2) is 0 Å². The fourth-order valence-electron chi connectivity index (χ4n) is 4.66. The summed E-state index contributed by atoms with van der Waals surface area (Å²) in [5.41, 5.74) is 0. The summed E-state index contributed by atoms with van der Waals surface area (Å²) in [4.78, 5) is 24.0. The summed E-state index contributed by atoms with van der Waals surface area (Å²) in [6.45, 7) is 5.61. The summed E-state index contributed by atoms with van der Waals surface area (Å²) in [6.07, 6.45) is 4.90. The first-order valence-corrected chi connectivity index (χ1v) is 13.4. The van der Waals surface area contributed by atoms with Gasteiger partial charge < -0.3 is 14.4 Å². The number of aliphatic hydroxyl groups is 1. The number of hydrogen-bond acceptors (Lipinski definition) is 5. The largest absolute Gasteiger partial charge is 0.446 e. The molecule has 1 saturated carbocycles. The highest BCUT2D eigenvalue weighted by Gasteiger charge is 2.59. The van der Waals surface area contributed by atoms with Crippen LogP contribution in [0.25, 0.3) is 0 Å². The smallest absolute Gasteiger partial charge is 0.308 e. The van der Waals surface area contributed by atoms with Crippen molar-refractivity contribution in [3.05, 3.63) is 0 Å². The highest BCUT2D eigenvalue weighted by molar-refractivity contribution is 7.51. The van der Waals surface area contributed by atoms with Crippen molar-refractivity contribution in [2.75, 3.05) is 13.3 Å². The first kappa shape index (κ1) is 25.6. The van der Waals surface area contributed by atoms with Crippen molar-refractivity contribution in [2.45, 2.75) is 102 Å². The minimum absolute atomic E-state index is 0.0638. The molecular formula is C22H37F2O5P. The minimum atomic E-state index is -3.30. The van der Waals surface area contributed by atoms with E-state index in [4.69, 9.17) is 9.26 Å². The van der Waals surface area contributed by atoms with Gasteiger partial charge in [0.25, 0.3) is 0 Å². The number of carbonyl (C=O) groups is 2. The highest BCUT2D eigenvalue weighted by Crippen LogP contribution is 2.49. The van der Waals surface area contributed by atoms with E-state index in [-0.39, 0.29) is 36.4 Å². The van der Waals surface area contributed by atoms with Gasteiger partial charge in [-0.05, 0) is 44.9 Å². The van der Waals surface area contributed by atoms with Crippen molar-refractivity contribution >= 4 is 19.9 Å². The number of unbranched alkanes of at least 4 members (excludes halogenated alkanes) is 4. The second-order valence-corrected chi connectivity index (χ2v) is 10.8. The summed E-state index contributed by atoms with van der Waals surface area (Å²) >= 11 is 0. The third-order valence-electron chi connectivity index (χ3n) is 6.32. The predicted molar refractivity (Wildman–Crippen MR) is 113 cm³/mol. The van der Waals surface area contributed by atoms with Gasteiger partial charge in [0.2, 0.25) is 5.79 Å². The van der Waals surface area contributed by atoms with E-state index in [1.807, 2.05) is 20.3 Å². The van der Waals surface area contributed by atoms with Crippen LogP contribution < -0.4 is 0 Å². The van der Waals surface area contributed by atoms with E-state index >= 15 is 0 Å². The molecule has 2 fully saturated rings. The molecule has 1 N–H and O–H groups in total. The lowest BCUT2D eigenvalue weighted by atomic mass is 9.81. The van der Waals surface area contributed by atoms with Gasteiger partial charge in [0.05, 0.1) is 14.3 Å². The Bertz CT molecular complexity index is 586. The van der Waals surface area contributed by atoms with Crippen molar-refractivity contribution in [3.63, 3.8) is 0 Å². The molecule has 0 unspecified atom stereocenters. The standard InChI is InChI=1S/C22H37F2O5P/c1-4-5-13-21(23,24)22(27)14-12-17-16(18(25)15-19(17)28-22)10-8-6-7-9-11-20(26)29-30(2)3/h16-17,19,27H,4-15H2,1-3H3/t16-,17-,19-,22-/m1/s1. The highest BCUT2D eigenvalue weighted by atomic mass is 31.1. The summed E-state index contributed by atoms with van der Waals surface area (Å²) in [5, 5.41) is 10.5. The molecular weight excluding hydrogens is 413 g/mol. The topological polar surface area (TPSA) is 72.8 Å². The summed E-state index contributed by atoms with van der Waals surface area (Å²) < 4.78 is 39.6. The van der Waals surface area contributed by atoms with E-state index in [1.165, 1.54) is 0 Å². The molecule has 1 heterocycles. The van der Waals surface area contributed by atoms with E-state index in [0.29, 0.717) is 32.1 Å². The van der Waals surface area contributed by atoms with Gasteiger partial charge in [0.1, 0.15) is 5.78 Å². The van der Waals surface area contributed by atoms with Crippen LogP contribution in [0.15, 0.2) is 0 Å². The fraction of sp³-hybridized carbons (Fsp3) is 0.909. The number of rotatable bonds is 12. The molecule has 0 aromatic rings. The maximum Gasteiger partial charge on any atom is 0.308 e. The van der Waals surface area contributed by atoms with Crippen LogP contribution in [0.3, 0.4) is 0 Å². The Kier molecular flexibility index (Phi) is 9.63. The number of ketones is 1. The van der Waals surface area contributed by atoms with Crippen molar-refractivity contribution in [1.82, 2.24) is 0 Å². The molecule has 0 aromatic heterocycles. The molecule has 174 valence electrons. The Hall–Kier alpha value is -0.650. The normalized spacial score (nSPS) is 29.3. The molecule has 30 heavy (non-hydrogen) atoms. The molecule has 8 heteroatoms. The van der Waals surface area contributed by atoms with Gasteiger partial charge in [-0.15, -0.1) is 0 Å². The lowest BCUT2D eigenvalue weighted by Crippen LogP contribution is -2.55. The predicted octanol–water partition coefficient (Wildman–Crippen LogP) is 5.43. The zero-order valence-corrected chi connectivity index (χ0v) is 19.4. The first-order valence-electron chi connectivity index (χ1n) is 11.3. The molecule has 4 atom stereocenters. The van der Waals surface area contributed by atoms with Crippen LogP contribution in [-0.4, -0.2) is 48.0 Å². The van der Waals surface area contributed by atoms with Gasteiger partial charge >= 0.3 is 11.9 Å². The average Bonchev–Trinajstić information content (AvgIpc) is 2.96. The fourth-order valence-corrected chi connectivity index (χ4v) is 5.16. The molecule has 0 spiro atoms. The van der Waals surface area contributed by atoms with Crippen LogP contribution in [-0.2, 0) is 18.8 Å². The van der Waals surface area contributed by atoms with E-state index in [9.17, 15) is 23.5 Å².